The number of benzene rings is 1. The molecule has 1 aromatic carbocycles. The number of hydrogen-bond donors (Lipinski definition) is 2. The van der Waals surface area contributed by atoms with Crippen molar-refractivity contribution >= 4 is 23.2 Å². The number of aromatic carboxylic acids is 1. The molecule has 3 rings (SSSR count). The highest BCUT2D eigenvalue weighted by atomic mass is 32.1. The monoisotopic (exact) mass is 358 g/mol. The van der Waals surface area contributed by atoms with Gasteiger partial charge in [-0.3, -0.25) is 4.79 Å². The molecule has 2 aromatic rings. The zero-order valence-corrected chi connectivity index (χ0v) is 14.9. The van der Waals surface area contributed by atoms with E-state index in [2.05, 4.69) is 5.32 Å². The Hall–Kier alpha value is -2.21. The molecule has 0 radical (unpaired) electrons. The smallest absolute Gasteiger partial charge is 0.335 e. The van der Waals surface area contributed by atoms with E-state index >= 15 is 0 Å². The number of fused-ring (bicyclic) bond motifs is 1. The second kappa shape index (κ2) is 8.25. The number of aryl methyl sites for hydroxylation is 3. The van der Waals surface area contributed by atoms with E-state index in [0.717, 1.165) is 24.8 Å². The van der Waals surface area contributed by atoms with Crippen molar-refractivity contribution in [1.29, 1.82) is 0 Å². The molecular weight excluding hydrogens is 336 g/mol. The van der Waals surface area contributed by atoms with Crippen molar-refractivity contribution in [2.45, 2.75) is 44.9 Å². The summed E-state index contributed by atoms with van der Waals surface area (Å²) in [6.07, 6.45) is 6.87. The number of carboxylic acid groups (broad SMARTS) is 1. The van der Waals surface area contributed by atoms with E-state index < -0.39 is 5.97 Å². The Morgan fingerprint density at radius 2 is 1.92 bits per heavy atom. The summed E-state index contributed by atoms with van der Waals surface area (Å²) in [7, 11) is 0. The first kappa shape index (κ1) is 17.6. The maximum atomic E-state index is 12.0. The molecule has 0 aliphatic heterocycles. The minimum absolute atomic E-state index is 0.0403. The van der Waals surface area contributed by atoms with Crippen LogP contribution in [-0.2, 0) is 30.5 Å². The summed E-state index contributed by atoms with van der Waals surface area (Å²) in [4.78, 5) is 28.9. The van der Waals surface area contributed by atoms with Crippen LogP contribution in [0.5, 0.6) is 0 Å². The molecule has 0 unspecified atom stereocenters. The minimum Gasteiger partial charge on any atom is -0.478 e. The van der Waals surface area contributed by atoms with Gasteiger partial charge in [0.2, 0.25) is 5.91 Å². The van der Waals surface area contributed by atoms with Crippen LogP contribution in [-0.4, -0.2) is 28.5 Å². The lowest BCUT2D eigenvalue weighted by atomic mass is 10.0. The van der Waals surface area contributed by atoms with E-state index in [4.69, 9.17) is 10.1 Å². The van der Waals surface area contributed by atoms with Gasteiger partial charge in [0.25, 0.3) is 0 Å². The van der Waals surface area contributed by atoms with E-state index in [0.29, 0.717) is 6.54 Å². The molecular formula is C19H22N2O3S. The third-order valence-electron chi connectivity index (χ3n) is 4.35. The SMILES string of the molecule is O=C(Cc1ccc(C(=O)O)cc1)NCCCc1nc2c(s1)CCCC2. The maximum absolute atomic E-state index is 12.0. The van der Waals surface area contributed by atoms with Crippen LogP contribution in [0, 0.1) is 0 Å². The van der Waals surface area contributed by atoms with Crippen molar-refractivity contribution < 1.29 is 14.7 Å². The first-order valence-electron chi connectivity index (χ1n) is 8.68. The molecule has 0 saturated carbocycles. The molecule has 1 aromatic heterocycles. The Balaban J connectivity index is 1.39. The second-order valence-corrected chi connectivity index (χ2v) is 7.49. The molecule has 0 fully saturated rings. The minimum atomic E-state index is -0.958. The van der Waals surface area contributed by atoms with E-state index in [1.54, 1.807) is 12.1 Å². The fraction of sp³-hybridized carbons (Fsp3) is 0.421. The van der Waals surface area contributed by atoms with Crippen molar-refractivity contribution in [1.82, 2.24) is 10.3 Å². The summed E-state index contributed by atoms with van der Waals surface area (Å²) < 4.78 is 0. The number of nitrogens with zero attached hydrogens (tertiary/aromatic N) is 1. The Morgan fingerprint density at radius 3 is 2.64 bits per heavy atom. The van der Waals surface area contributed by atoms with Crippen molar-refractivity contribution in [3.63, 3.8) is 0 Å². The number of nitrogens with one attached hydrogen (secondary N) is 1. The Morgan fingerprint density at radius 1 is 1.16 bits per heavy atom. The normalized spacial score (nSPS) is 13.3. The summed E-state index contributed by atoms with van der Waals surface area (Å²) in [5.41, 5.74) is 2.34. The van der Waals surface area contributed by atoms with Gasteiger partial charge < -0.3 is 10.4 Å². The maximum Gasteiger partial charge on any atom is 0.335 e. The zero-order chi connectivity index (χ0) is 17.6. The Bertz CT molecular complexity index is 729. The lowest BCUT2D eigenvalue weighted by molar-refractivity contribution is -0.120. The van der Waals surface area contributed by atoms with Crippen LogP contribution < -0.4 is 5.32 Å². The van der Waals surface area contributed by atoms with Crippen molar-refractivity contribution in [3.8, 4) is 0 Å². The van der Waals surface area contributed by atoms with Gasteiger partial charge in [0.05, 0.1) is 22.7 Å². The molecule has 1 heterocycles. The quantitative estimate of drug-likeness (QED) is 0.746. The van der Waals surface area contributed by atoms with Gasteiger partial charge in [0.15, 0.2) is 0 Å². The molecule has 0 spiro atoms. The number of carbonyl (C=O) groups is 2. The highest BCUT2D eigenvalue weighted by molar-refractivity contribution is 7.11. The molecule has 25 heavy (non-hydrogen) atoms. The van der Waals surface area contributed by atoms with Crippen LogP contribution in [0.3, 0.4) is 0 Å². The Labute approximate surface area is 151 Å². The van der Waals surface area contributed by atoms with Crippen LogP contribution in [0.15, 0.2) is 24.3 Å². The Kier molecular flexibility index (Phi) is 5.81. The van der Waals surface area contributed by atoms with Gasteiger partial charge in [-0.15, -0.1) is 11.3 Å². The fourth-order valence-electron chi connectivity index (χ4n) is 2.99. The van der Waals surface area contributed by atoms with Crippen molar-refractivity contribution in [3.05, 3.63) is 51.0 Å². The topological polar surface area (TPSA) is 79.3 Å². The van der Waals surface area contributed by atoms with Gasteiger partial charge in [-0.2, -0.15) is 0 Å². The number of thiazole rings is 1. The molecule has 5 nitrogen and oxygen atoms in total. The van der Waals surface area contributed by atoms with Gasteiger partial charge in [-0.05, 0) is 49.8 Å². The van der Waals surface area contributed by atoms with E-state index in [1.165, 1.54) is 47.0 Å². The van der Waals surface area contributed by atoms with E-state index in [-0.39, 0.29) is 17.9 Å². The summed E-state index contributed by atoms with van der Waals surface area (Å²) in [5.74, 6) is -0.999. The summed E-state index contributed by atoms with van der Waals surface area (Å²) in [5, 5.41) is 13.0. The van der Waals surface area contributed by atoms with Crippen LogP contribution in [0.2, 0.25) is 0 Å². The third-order valence-corrected chi connectivity index (χ3v) is 5.56. The molecule has 2 N–H and O–H groups in total. The van der Waals surface area contributed by atoms with Gasteiger partial charge in [-0.1, -0.05) is 12.1 Å². The van der Waals surface area contributed by atoms with Crippen LogP contribution >= 0.6 is 11.3 Å². The fourth-order valence-corrected chi connectivity index (χ4v) is 4.19. The molecule has 0 atom stereocenters. The molecule has 6 heteroatoms. The van der Waals surface area contributed by atoms with E-state index in [9.17, 15) is 9.59 Å². The van der Waals surface area contributed by atoms with Crippen LogP contribution in [0.1, 0.15) is 50.8 Å². The van der Waals surface area contributed by atoms with Gasteiger partial charge in [0, 0.05) is 17.8 Å². The van der Waals surface area contributed by atoms with Crippen LogP contribution in [0.25, 0.3) is 0 Å². The highest BCUT2D eigenvalue weighted by Gasteiger charge is 2.14. The molecule has 0 saturated heterocycles. The number of hydrogen-bond acceptors (Lipinski definition) is 4. The van der Waals surface area contributed by atoms with E-state index in [1.807, 2.05) is 11.3 Å². The van der Waals surface area contributed by atoms with Crippen molar-refractivity contribution in [2.75, 3.05) is 6.54 Å². The molecule has 1 aliphatic carbocycles. The predicted molar refractivity (Wildman–Crippen MR) is 97.2 cm³/mol. The average Bonchev–Trinajstić information content (AvgIpc) is 3.02. The molecule has 0 bridgehead atoms. The molecule has 132 valence electrons. The highest BCUT2D eigenvalue weighted by Crippen LogP contribution is 2.27. The number of aromatic nitrogens is 1. The number of carbonyl (C=O) groups excluding carboxylic acids is 1. The van der Waals surface area contributed by atoms with Crippen LogP contribution in [0.4, 0.5) is 0 Å². The first-order valence-corrected chi connectivity index (χ1v) is 9.50. The predicted octanol–water partition coefficient (Wildman–Crippen LogP) is 3.01. The molecule has 1 aliphatic rings. The van der Waals surface area contributed by atoms with Crippen molar-refractivity contribution in [2.24, 2.45) is 0 Å². The lowest BCUT2D eigenvalue weighted by Gasteiger charge is -2.06. The second-order valence-electron chi connectivity index (χ2n) is 6.32. The van der Waals surface area contributed by atoms with Gasteiger partial charge in [0.1, 0.15) is 0 Å². The summed E-state index contributed by atoms with van der Waals surface area (Å²) >= 11 is 1.83. The number of amides is 1. The number of rotatable bonds is 7. The summed E-state index contributed by atoms with van der Waals surface area (Å²) in [6.45, 7) is 0.635. The van der Waals surface area contributed by atoms with Gasteiger partial charge >= 0.3 is 5.97 Å². The average molecular weight is 358 g/mol. The largest absolute Gasteiger partial charge is 0.478 e. The zero-order valence-electron chi connectivity index (χ0n) is 14.1. The van der Waals surface area contributed by atoms with Gasteiger partial charge in [-0.25, -0.2) is 9.78 Å². The third kappa shape index (κ3) is 4.89. The molecule has 1 amide bonds. The summed E-state index contributed by atoms with van der Waals surface area (Å²) in [6, 6.07) is 6.41. The first-order chi connectivity index (χ1) is 12.1. The lowest BCUT2D eigenvalue weighted by Crippen LogP contribution is -2.26. The standard InChI is InChI=1S/C19H22N2O3S/c22-17(12-13-7-9-14(10-8-13)19(23)24)20-11-3-6-18-21-15-4-1-2-5-16(15)25-18/h7-10H,1-6,11-12H2,(H,20,22)(H,23,24). The number of carboxylic acids is 1.